The van der Waals surface area contributed by atoms with Gasteiger partial charge < -0.3 is 19.2 Å². The summed E-state index contributed by atoms with van der Waals surface area (Å²) >= 11 is 0. The third-order valence-corrected chi connectivity index (χ3v) is 5.37. The first-order valence-electron chi connectivity index (χ1n) is 9.16. The minimum Gasteiger partial charge on any atom is -0.449 e. The number of nitro groups is 1. The van der Waals surface area contributed by atoms with Crippen LogP contribution in [0.25, 0.3) is 0 Å². The van der Waals surface area contributed by atoms with E-state index in [0.717, 1.165) is 5.56 Å². The van der Waals surface area contributed by atoms with Crippen LogP contribution in [0.4, 0.5) is 10.5 Å². The van der Waals surface area contributed by atoms with E-state index in [4.69, 9.17) is 19.2 Å². The van der Waals surface area contributed by atoms with Gasteiger partial charge in [0.25, 0.3) is 0 Å². The fourth-order valence-electron chi connectivity index (χ4n) is 3.83. The lowest BCUT2D eigenvalue weighted by atomic mass is 9.77. The van der Waals surface area contributed by atoms with Crippen LogP contribution in [0.15, 0.2) is 42.5 Å². The molecule has 1 saturated heterocycles. The topological polar surface area (TPSA) is 108 Å². The van der Waals surface area contributed by atoms with Gasteiger partial charge in [0, 0.05) is 12.0 Å². The number of ether oxygens (including phenoxy) is 1. The molecule has 0 amide bonds. The van der Waals surface area contributed by atoms with Crippen LogP contribution in [-0.2, 0) is 21.3 Å². The number of rotatable bonds is 5. The van der Waals surface area contributed by atoms with Crippen molar-refractivity contribution in [3.8, 4) is 5.75 Å². The Bertz CT molecular complexity index is 947. The summed E-state index contributed by atoms with van der Waals surface area (Å²) in [6, 6.07) is 12.1. The largest absolute Gasteiger partial charge is 0.511 e. The highest BCUT2D eigenvalue weighted by molar-refractivity contribution is 6.43. The molecule has 0 aliphatic carbocycles. The van der Waals surface area contributed by atoms with Crippen LogP contribution in [0.5, 0.6) is 5.75 Å². The Morgan fingerprint density at radius 3 is 2.34 bits per heavy atom. The Balaban J connectivity index is 2.27. The Morgan fingerprint density at radius 2 is 1.83 bits per heavy atom. The Kier molecular flexibility index (Phi) is 5.38. The first-order chi connectivity index (χ1) is 13.5. The van der Waals surface area contributed by atoms with Crippen LogP contribution < -0.4 is 4.74 Å². The van der Waals surface area contributed by atoms with E-state index in [9.17, 15) is 14.9 Å². The molecule has 3 rings (SSSR count). The predicted molar refractivity (Wildman–Crippen MR) is 106 cm³/mol. The molecule has 0 bridgehead atoms. The highest BCUT2D eigenvalue weighted by Crippen LogP contribution is 2.49. The highest BCUT2D eigenvalue weighted by Gasteiger charge is 2.55. The van der Waals surface area contributed by atoms with Gasteiger partial charge in [0.15, 0.2) is 0 Å². The molecule has 1 N–H and O–H groups in total. The number of nitrogens with zero attached hydrogens (tertiary/aromatic N) is 1. The van der Waals surface area contributed by atoms with Gasteiger partial charge in [-0.15, -0.1) is 0 Å². The van der Waals surface area contributed by atoms with Crippen molar-refractivity contribution in [1.29, 1.82) is 0 Å². The summed E-state index contributed by atoms with van der Waals surface area (Å²) in [5, 5.41) is 21.0. The monoisotopic (exact) mass is 399 g/mol. The molecule has 1 aliphatic heterocycles. The van der Waals surface area contributed by atoms with Crippen molar-refractivity contribution in [3.05, 3.63) is 69.3 Å². The van der Waals surface area contributed by atoms with Crippen molar-refractivity contribution in [3.63, 3.8) is 0 Å². The van der Waals surface area contributed by atoms with Crippen LogP contribution >= 0.6 is 0 Å². The molecule has 8 nitrogen and oxygen atoms in total. The zero-order valence-electron chi connectivity index (χ0n) is 16.7. The number of carboxylic acid groups (broad SMARTS) is 1. The third kappa shape index (κ3) is 3.83. The summed E-state index contributed by atoms with van der Waals surface area (Å²) in [7, 11) is -0.506. The van der Waals surface area contributed by atoms with E-state index in [0.29, 0.717) is 11.1 Å². The molecule has 0 saturated carbocycles. The predicted octanol–water partition coefficient (Wildman–Crippen LogP) is 4.40. The second kappa shape index (κ2) is 7.49. The molecule has 2 aromatic rings. The lowest BCUT2D eigenvalue weighted by Crippen LogP contribution is -2.43. The summed E-state index contributed by atoms with van der Waals surface area (Å²) in [5.74, 6) is -0.328. The standard InChI is InChI=1S/C20H22BNO7/c1-19(2)20(3,29-21(4)28-19)15-10-11-16(27-18(23)24)17(22(25)26)14(15)12-13-8-6-5-7-9-13/h5-11H,12H2,1-4H3,(H,23,24). The minimum atomic E-state index is -1.62. The van der Waals surface area contributed by atoms with Crippen LogP contribution in [0, 0.1) is 10.1 Å². The Hall–Kier alpha value is -2.91. The zero-order valence-corrected chi connectivity index (χ0v) is 16.7. The van der Waals surface area contributed by atoms with Crippen molar-refractivity contribution in [2.45, 2.75) is 45.2 Å². The van der Waals surface area contributed by atoms with Crippen molar-refractivity contribution in [2.24, 2.45) is 0 Å². The lowest BCUT2D eigenvalue weighted by Gasteiger charge is -2.38. The van der Waals surface area contributed by atoms with Crippen molar-refractivity contribution in [1.82, 2.24) is 0 Å². The fourth-order valence-corrected chi connectivity index (χ4v) is 3.83. The maximum Gasteiger partial charge on any atom is 0.511 e. The summed E-state index contributed by atoms with van der Waals surface area (Å²) < 4.78 is 16.7. The molecule has 1 atom stereocenters. The number of benzene rings is 2. The van der Waals surface area contributed by atoms with Gasteiger partial charge in [-0.25, -0.2) is 4.79 Å². The first kappa shape index (κ1) is 20.8. The van der Waals surface area contributed by atoms with Crippen molar-refractivity contribution < 1.29 is 28.9 Å². The summed E-state index contributed by atoms with van der Waals surface area (Å²) in [6.07, 6.45) is -1.42. The third-order valence-electron chi connectivity index (χ3n) is 5.37. The van der Waals surface area contributed by atoms with E-state index < -0.39 is 35.1 Å². The smallest absolute Gasteiger partial charge is 0.449 e. The van der Waals surface area contributed by atoms with Crippen molar-refractivity contribution >= 4 is 19.0 Å². The second-order valence-electron chi connectivity index (χ2n) is 7.57. The van der Waals surface area contributed by atoms with Gasteiger partial charge in [0.05, 0.1) is 10.5 Å². The van der Waals surface area contributed by atoms with Gasteiger partial charge in [-0.2, -0.15) is 0 Å². The van der Waals surface area contributed by atoms with Gasteiger partial charge in [0.1, 0.15) is 5.60 Å². The molecule has 0 radical (unpaired) electrons. The number of nitro benzene ring substituents is 1. The molecule has 1 fully saturated rings. The second-order valence-corrected chi connectivity index (χ2v) is 7.57. The van der Waals surface area contributed by atoms with Gasteiger partial charge in [-0.05, 0) is 44.8 Å². The molecule has 1 heterocycles. The Labute approximate surface area is 168 Å². The lowest BCUT2D eigenvalue weighted by molar-refractivity contribution is -0.386. The van der Waals surface area contributed by atoms with E-state index in [1.165, 1.54) is 6.07 Å². The summed E-state index contributed by atoms with van der Waals surface area (Å²) in [6.45, 7) is 7.30. The number of hydrogen-bond donors (Lipinski definition) is 1. The molecular weight excluding hydrogens is 377 g/mol. The van der Waals surface area contributed by atoms with Gasteiger partial charge in [-0.3, -0.25) is 10.1 Å². The normalized spacial score (nSPS) is 20.5. The molecule has 9 heteroatoms. The van der Waals surface area contributed by atoms with Crippen LogP contribution in [0.2, 0.25) is 6.82 Å². The molecule has 0 aromatic heterocycles. The van der Waals surface area contributed by atoms with E-state index in [2.05, 4.69) is 0 Å². The average Bonchev–Trinajstić information content (AvgIpc) is 2.82. The first-order valence-corrected chi connectivity index (χ1v) is 9.16. The van der Waals surface area contributed by atoms with E-state index in [-0.39, 0.29) is 12.2 Å². The molecular formula is C20H22BNO7. The van der Waals surface area contributed by atoms with E-state index in [1.807, 2.05) is 51.1 Å². The molecule has 29 heavy (non-hydrogen) atoms. The quantitative estimate of drug-likeness (QED) is 0.261. The van der Waals surface area contributed by atoms with Crippen LogP contribution in [-0.4, -0.2) is 28.9 Å². The SMILES string of the molecule is CB1OC(C)(C)C(C)(c2ccc(OC(=O)O)c([N+](=O)[O-])c2Cc2ccccc2)O1. The maximum absolute atomic E-state index is 12.0. The van der Waals surface area contributed by atoms with Gasteiger partial charge >= 0.3 is 19.0 Å². The Morgan fingerprint density at radius 1 is 1.17 bits per heavy atom. The minimum absolute atomic E-state index is 0.201. The maximum atomic E-state index is 12.0. The molecule has 0 spiro atoms. The number of hydrogen-bond acceptors (Lipinski definition) is 6. The van der Waals surface area contributed by atoms with E-state index in [1.54, 1.807) is 12.9 Å². The van der Waals surface area contributed by atoms with Crippen LogP contribution in [0.3, 0.4) is 0 Å². The van der Waals surface area contributed by atoms with Crippen molar-refractivity contribution in [2.75, 3.05) is 0 Å². The molecule has 1 unspecified atom stereocenters. The summed E-state index contributed by atoms with van der Waals surface area (Å²) in [5.41, 5.74) is -0.454. The van der Waals surface area contributed by atoms with Gasteiger partial charge in [-0.1, -0.05) is 36.4 Å². The number of carbonyl (C=O) groups is 1. The average molecular weight is 399 g/mol. The van der Waals surface area contributed by atoms with Crippen LogP contribution in [0.1, 0.15) is 37.5 Å². The molecule has 152 valence electrons. The fraction of sp³-hybridized carbons (Fsp3) is 0.350. The van der Waals surface area contributed by atoms with Gasteiger partial charge in [0.2, 0.25) is 5.75 Å². The summed E-state index contributed by atoms with van der Waals surface area (Å²) in [4.78, 5) is 22.4. The van der Waals surface area contributed by atoms with E-state index >= 15 is 0 Å². The molecule has 2 aromatic carbocycles. The molecule has 1 aliphatic rings. The zero-order chi connectivity index (χ0) is 21.4. The highest BCUT2D eigenvalue weighted by atomic mass is 16.7.